The van der Waals surface area contributed by atoms with Crippen molar-refractivity contribution in [3.63, 3.8) is 0 Å². The van der Waals surface area contributed by atoms with Crippen LogP contribution in [0.25, 0.3) is 0 Å². The number of amides is 2. The van der Waals surface area contributed by atoms with E-state index in [1.54, 1.807) is 29.2 Å². The molecule has 0 bridgehead atoms. The van der Waals surface area contributed by atoms with Gasteiger partial charge in [-0.15, -0.1) is 0 Å². The minimum atomic E-state index is -1.00. The Bertz CT molecular complexity index is 698. The summed E-state index contributed by atoms with van der Waals surface area (Å²) in [7, 11) is 0. The fraction of sp³-hybridized carbons (Fsp3) is 0.222. The van der Waals surface area contributed by atoms with Crippen molar-refractivity contribution in [1.29, 1.82) is 0 Å². The number of hydrogen-bond donors (Lipinski definition) is 1. The number of carbonyl (C=O) groups is 2. The number of carbonyl (C=O) groups excluding carboxylic acids is 1. The zero-order valence-corrected chi connectivity index (χ0v) is 12.7. The zero-order chi connectivity index (χ0) is 16.2. The van der Waals surface area contributed by atoms with Crippen LogP contribution in [-0.2, 0) is 11.3 Å². The highest BCUT2D eigenvalue weighted by Crippen LogP contribution is 2.25. The second-order valence-corrected chi connectivity index (χ2v) is 5.52. The van der Waals surface area contributed by atoms with E-state index in [0.717, 1.165) is 24.2 Å². The average molecular weight is 310 g/mol. The van der Waals surface area contributed by atoms with Gasteiger partial charge in [-0.3, -0.25) is 9.69 Å². The second-order valence-electron chi connectivity index (χ2n) is 5.52. The summed E-state index contributed by atoms with van der Waals surface area (Å²) in [6.45, 7) is 1.02. The summed E-state index contributed by atoms with van der Waals surface area (Å²) < 4.78 is 0. The van der Waals surface area contributed by atoms with Crippen molar-refractivity contribution >= 4 is 23.4 Å². The molecule has 0 aromatic heterocycles. The molecule has 0 saturated carbocycles. The van der Waals surface area contributed by atoms with E-state index in [-0.39, 0.29) is 12.5 Å². The standard InChI is InChI=1S/C18H18N2O3/c21-17-7-4-12-19(17)15-8-10-16(11-9-15)20(18(22)23)13-14-5-2-1-3-6-14/h1-3,5-6,8-11H,4,7,12-13H2,(H,22,23). The van der Waals surface area contributed by atoms with Gasteiger partial charge in [0.15, 0.2) is 0 Å². The first-order valence-corrected chi connectivity index (χ1v) is 7.60. The molecule has 0 atom stereocenters. The Balaban J connectivity index is 1.80. The summed E-state index contributed by atoms with van der Waals surface area (Å²) in [6, 6.07) is 16.6. The van der Waals surface area contributed by atoms with E-state index in [4.69, 9.17) is 0 Å². The molecule has 5 heteroatoms. The van der Waals surface area contributed by atoms with Crippen molar-refractivity contribution in [2.24, 2.45) is 0 Å². The van der Waals surface area contributed by atoms with Crippen LogP contribution < -0.4 is 9.80 Å². The fourth-order valence-electron chi connectivity index (χ4n) is 2.77. The lowest BCUT2D eigenvalue weighted by Gasteiger charge is -2.21. The highest BCUT2D eigenvalue weighted by atomic mass is 16.4. The molecule has 23 heavy (non-hydrogen) atoms. The molecule has 0 radical (unpaired) electrons. The van der Waals surface area contributed by atoms with E-state index in [2.05, 4.69) is 0 Å². The van der Waals surface area contributed by atoms with Gasteiger partial charge in [-0.25, -0.2) is 4.79 Å². The van der Waals surface area contributed by atoms with Crippen LogP contribution in [0.5, 0.6) is 0 Å². The lowest BCUT2D eigenvalue weighted by atomic mass is 10.2. The van der Waals surface area contributed by atoms with Gasteiger partial charge in [-0.1, -0.05) is 30.3 Å². The van der Waals surface area contributed by atoms with Crippen LogP contribution in [0, 0.1) is 0 Å². The summed E-state index contributed by atoms with van der Waals surface area (Å²) in [4.78, 5) is 26.4. The molecular formula is C18H18N2O3. The smallest absolute Gasteiger partial charge is 0.412 e. The maximum Gasteiger partial charge on any atom is 0.412 e. The molecule has 1 heterocycles. The first-order chi connectivity index (χ1) is 11.1. The Morgan fingerprint density at radius 2 is 1.78 bits per heavy atom. The number of hydrogen-bond acceptors (Lipinski definition) is 2. The van der Waals surface area contributed by atoms with Crippen molar-refractivity contribution < 1.29 is 14.7 Å². The maximum atomic E-state index is 11.8. The minimum Gasteiger partial charge on any atom is -0.465 e. The van der Waals surface area contributed by atoms with E-state index in [0.29, 0.717) is 12.1 Å². The largest absolute Gasteiger partial charge is 0.465 e. The molecule has 1 saturated heterocycles. The average Bonchev–Trinajstić information content (AvgIpc) is 3.00. The van der Waals surface area contributed by atoms with Crippen molar-refractivity contribution in [3.8, 4) is 0 Å². The van der Waals surface area contributed by atoms with Gasteiger partial charge < -0.3 is 10.0 Å². The highest BCUT2D eigenvalue weighted by molar-refractivity contribution is 5.95. The molecule has 0 aliphatic carbocycles. The van der Waals surface area contributed by atoms with Gasteiger partial charge in [0.05, 0.1) is 6.54 Å². The fourth-order valence-corrected chi connectivity index (χ4v) is 2.77. The Morgan fingerprint density at radius 1 is 1.09 bits per heavy atom. The molecule has 0 spiro atoms. The molecule has 1 aliphatic heterocycles. The predicted molar refractivity (Wildman–Crippen MR) is 88.7 cm³/mol. The first-order valence-electron chi connectivity index (χ1n) is 7.60. The van der Waals surface area contributed by atoms with E-state index in [1.807, 2.05) is 30.3 Å². The van der Waals surface area contributed by atoms with Crippen molar-refractivity contribution in [1.82, 2.24) is 0 Å². The van der Waals surface area contributed by atoms with Crippen LogP contribution in [0.3, 0.4) is 0 Å². The van der Waals surface area contributed by atoms with E-state index >= 15 is 0 Å². The molecule has 1 N–H and O–H groups in total. The normalized spacial score (nSPS) is 14.1. The van der Waals surface area contributed by atoms with Crippen molar-refractivity contribution in [3.05, 3.63) is 60.2 Å². The number of benzene rings is 2. The Morgan fingerprint density at radius 3 is 2.35 bits per heavy atom. The van der Waals surface area contributed by atoms with Gasteiger partial charge in [0, 0.05) is 24.3 Å². The summed E-state index contributed by atoms with van der Waals surface area (Å²) in [5, 5.41) is 9.47. The number of carboxylic acid groups (broad SMARTS) is 1. The van der Waals surface area contributed by atoms with Gasteiger partial charge in [0.2, 0.25) is 5.91 Å². The van der Waals surface area contributed by atoms with Crippen LogP contribution >= 0.6 is 0 Å². The summed E-state index contributed by atoms with van der Waals surface area (Å²) >= 11 is 0. The Kier molecular flexibility index (Phi) is 4.28. The molecule has 2 aromatic carbocycles. The lowest BCUT2D eigenvalue weighted by Crippen LogP contribution is -2.28. The molecule has 0 unspecified atom stereocenters. The van der Waals surface area contributed by atoms with E-state index in [1.165, 1.54) is 4.90 Å². The van der Waals surface area contributed by atoms with Crippen molar-refractivity contribution in [2.45, 2.75) is 19.4 Å². The maximum absolute atomic E-state index is 11.8. The quantitative estimate of drug-likeness (QED) is 0.940. The van der Waals surface area contributed by atoms with Gasteiger partial charge >= 0.3 is 6.09 Å². The highest BCUT2D eigenvalue weighted by Gasteiger charge is 2.22. The van der Waals surface area contributed by atoms with Crippen molar-refractivity contribution in [2.75, 3.05) is 16.3 Å². The van der Waals surface area contributed by atoms with Gasteiger partial charge in [0.1, 0.15) is 0 Å². The number of nitrogens with zero attached hydrogens (tertiary/aromatic N) is 2. The van der Waals surface area contributed by atoms with Crippen LogP contribution in [-0.4, -0.2) is 23.7 Å². The molecule has 1 aliphatic rings. The van der Waals surface area contributed by atoms with Gasteiger partial charge in [-0.05, 0) is 36.2 Å². The number of rotatable bonds is 4. The monoisotopic (exact) mass is 310 g/mol. The molecule has 118 valence electrons. The minimum absolute atomic E-state index is 0.122. The van der Waals surface area contributed by atoms with Gasteiger partial charge in [0.25, 0.3) is 0 Å². The summed E-state index contributed by atoms with van der Waals surface area (Å²) in [6.07, 6.45) is 0.450. The SMILES string of the molecule is O=C(O)N(Cc1ccccc1)c1ccc(N2CCCC2=O)cc1. The Labute approximate surface area is 134 Å². The van der Waals surface area contributed by atoms with E-state index in [9.17, 15) is 14.7 Å². The molecule has 3 rings (SSSR count). The molecular weight excluding hydrogens is 292 g/mol. The second kappa shape index (κ2) is 6.52. The zero-order valence-electron chi connectivity index (χ0n) is 12.7. The van der Waals surface area contributed by atoms with Crippen LogP contribution in [0.2, 0.25) is 0 Å². The topological polar surface area (TPSA) is 60.9 Å². The predicted octanol–water partition coefficient (Wildman–Crippen LogP) is 3.50. The molecule has 2 amide bonds. The summed E-state index contributed by atoms with van der Waals surface area (Å²) in [5.41, 5.74) is 2.34. The van der Waals surface area contributed by atoms with Crippen LogP contribution in [0.4, 0.5) is 16.2 Å². The Hall–Kier alpha value is -2.82. The molecule has 5 nitrogen and oxygen atoms in total. The third-order valence-corrected chi connectivity index (χ3v) is 3.96. The van der Waals surface area contributed by atoms with Crippen LogP contribution in [0.1, 0.15) is 18.4 Å². The third-order valence-electron chi connectivity index (χ3n) is 3.96. The lowest BCUT2D eigenvalue weighted by molar-refractivity contribution is -0.117. The number of anilines is 2. The van der Waals surface area contributed by atoms with Gasteiger partial charge in [-0.2, -0.15) is 0 Å². The molecule has 1 fully saturated rings. The van der Waals surface area contributed by atoms with Crippen LogP contribution in [0.15, 0.2) is 54.6 Å². The molecule has 2 aromatic rings. The van der Waals surface area contributed by atoms with E-state index < -0.39 is 6.09 Å². The summed E-state index contributed by atoms with van der Waals surface area (Å²) in [5.74, 6) is 0.122. The first kappa shape index (κ1) is 15.1. The third kappa shape index (κ3) is 3.34.